The minimum atomic E-state index is -5.80. The minimum Gasteiger partial charge on any atom is -0.478 e. The van der Waals surface area contributed by atoms with Crippen LogP contribution in [0, 0.1) is 22.0 Å². The Labute approximate surface area is 475 Å². The van der Waals surface area contributed by atoms with Crippen LogP contribution in [0.25, 0.3) is 16.7 Å². The molecule has 4 aromatic carbocycles. The summed E-state index contributed by atoms with van der Waals surface area (Å²) >= 11 is 0. The van der Waals surface area contributed by atoms with Crippen LogP contribution in [0.1, 0.15) is 104 Å². The molecule has 84 heavy (non-hydrogen) atoms. The number of aliphatic hydroxyl groups is 1. The summed E-state index contributed by atoms with van der Waals surface area (Å²) in [4.78, 5) is 90.9. The number of ether oxygens (including phenoxy) is 3. The molecule has 1 saturated heterocycles. The van der Waals surface area contributed by atoms with Gasteiger partial charge >= 0.3 is 29.4 Å². The first-order valence-electron chi connectivity index (χ1n) is 26.7. The van der Waals surface area contributed by atoms with Crippen molar-refractivity contribution >= 4 is 69.4 Å². The van der Waals surface area contributed by atoms with E-state index in [0.717, 1.165) is 117 Å². The molecule has 1 fully saturated rings. The minimum absolute atomic E-state index is 0.0106. The normalized spacial score (nSPS) is 20.0. The van der Waals surface area contributed by atoms with Crippen molar-refractivity contribution < 1.29 is 85.3 Å². The third-order valence-corrected chi connectivity index (χ3v) is 19.2. The molecular weight excluding hydrogens is 1160 g/mol. The summed E-state index contributed by atoms with van der Waals surface area (Å²) in [5, 5.41) is 38.7. The average molecular weight is 1210 g/mol. The number of aromatic carboxylic acids is 1. The molecule has 6 aromatic rings. The number of phosphoric ester groups is 1. The van der Waals surface area contributed by atoms with Gasteiger partial charge in [0.2, 0.25) is 17.2 Å². The van der Waals surface area contributed by atoms with Crippen LogP contribution in [0.15, 0.2) is 54.9 Å². The number of hydrogen-bond acceptors (Lipinski definition) is 19. The number of nitro groups is 1. The van der Waals surface area contributed by atoms with Gasteiger partial charge in [-0.1, -0.05) is 11.8 Å². The average Bonchev–Trinajstić information content (AvgIpc) is 2.46. The summed E-state index contributed by atoms with van der Waals surface area (Å²) in [7, 11) is -17.0. The van der Waals surface area contributed by atoms with E-state index in [2.05, 4.69) is 66.9 Å². The largest absolute Gasteiger partial charge is 0.490 e. The van der Waals surface area contributed by atoms with Crippen molar-refractivity contribution in [3.8, 4) is 29.2 Å². The molecule has 6 aliphatic rings. The van der Waals surface area contributed by atoms with E-state index in [9.17, 15) is 53.4 Å². The number of hydrogen-bond donors (Lipinski definition) is 8. The van der Waals surface area contributed by atoms with Crippen molar-refractivity contribution in [1.82, 2.24) is 29.4 Å². The van der Waals surface area contributed by atoms with E-state index in [1.54, 1.807) is 6.07 Å². The fourth-order valence-corrected chi connectivity index (χ4v) is 15.1. The molecule has 8 heterocycles. The lowest BCUT2D eigenvalue weighted by Gasteiger charge is -2.39. The van der Waals surface area contributed by atoms with Crippen LogP contribution in [0.3, 0.4) is 0 Å². The van der Waals surface area contributed by atoms with E-state index in [4.69, 9.17) is 29.7 Å². The number of phosphoric acid groups is 3. The lowest BCUT2D eigenvalue weighted by Crippen LogP contribution is -2.45. The molecule has 12 rings (SSSR count). The maximum atomic E-state index is 14.1. The van der Waals surface area contributed by atoms with Gasteiger partial charge in [0.15, 0.2) is 11.2 Å². The zero-order valence-electron chi connectivity index (χ0n) is 44.3. The molecule has 438 valence electrons. The van der Waals surface area contributed by atoms with E-state index in [0.29, 0.717) is 5.56 Å². The van der Waals surface area contributed by atoms with Crippen molar-refractivity contribution in [1.29, 1.82) is 0 Å². The number of benzene rings is 4. The lowest BCUT2D eigenvalue weighted by atomic mass is 9.81. The number of carbonyl (C=O) groups is 2. The number of carboxylic acids is 1. The van der Waals surface area contributed by atoms with E-state index in [1.807, 2.05) is 0 Å². The second-order valence-corrected chi connectivity index (χ2v) is 25.2. The molecule has 0 radical (unpaired) electrons. The number of carbonyl (C=O) groups excluding carboxylic acids is 1. The monoisotopic (exact) mass is 1210 g/mol. The Bertz CT molecular complexity index is 4160. The Morgan fingerprint density at radius 3 is 2.44 bits per heavy atom. The van der Waals surface area contributed by atoms with Crippen molar-refractivity contribution in [2.24, 2.45) is 0 Å². The number of imidazole rings is 1. The van der Waals surface area contributed by atoms with E-state index < -0.39 is 71.9 Å². The maximum absolute atomic E-state index is 14.1. The summed E-state index contributed by atoms with van der Waals surface area (Å²) in [5.41, 5.74) is 14.1. The molecule has 2 aromatic heterocycles. The number of nitro benzene ring substituents is 1. The lowest BCUT2D eigenvalue weighted by molar-refractivity contribution is -0.385. The van der Waals surface area contributed by atoms with E-state index in [-0.39, 0.29) is 63.9 Å². The highest BCUT2D eigenvalue weighted by molar-refractivity contribution is 7.66. The summed E-state index contributed by atoms with van der Waals surface area (Å²) in [6.07, 6.45) is 4.49. The molecule has 0 bridgehead atoms. The van der Waals surface area contributed by atoms with Crippen LogP contribution in [0.2, 0.25) is 0 Å². The Morgan fingerprint density at radius 2 is 1.67 bits per heavy atom. The molecule has 6 aliphatic heterocycles. The molecule has 28 nitrogen and oxygen atoms in total. The first kappa shape index (κ1) is 57.0. The number of fused-ring (bicyclic) bond motifs is 5. The summed E-state index contributed by atoms with van der Waals surface area (Å²) in [6, 6.07) is 13.1. The highest BCUT2D eigenvalue weighted by Crippen LogP contribution is 2.66. The molecule has 5 atom stereocenters. The number of aliphatic hydroxyl groups excluding tert-OH is 1. The van der Waals surface area contributed by atoms with Gasteiger partial charge in [-0.05, 0) is 92.1 Å². The van der Waals surface area contributed by atoms with Gasteiger partial charge in [0.25, 0.3) is 11.6 Å². The van der Waals surface area contributed by atoms with Crippen LogP contribution in [0.5, 0.6) is 17.4 Å². The van der Waals surface area contributed by atoms with Crippen molar-refractivity contribution in [2.45, 2.75) is 82.8 Å². The maximum Gasteiger partial charge on any atom is 0.490 e. The summed E-state index contributed by atoms with van der Waals surface area (Å²) < 4.78 is 69.5. The molecule has 0 aliphatic carbocycles. The summed E-state index contributed by atoms with van der Waals surface area (Å²) in [6.45, 7) is 2.33. The quantitative estimate of drug-likeness (QED) is 0.0224. The second kappa shape index (κ2) is 22.2. The third-order valence-electron chi connectivity index (χ3n) is 15.4. The number of amides is 1. The molecular formula is C53H53N9O19P3+. The third kappa shape index (κ3) is 11.2. The molecule has 3 unspecified atom stereocenters. The van der Waals surface area contributed by atoms with Crippen LogP contribution in [0.4, 0.5) is 17.3 Å². The number of rotatable bonds is 16. The number of aryl methyl sites for hydroxylation is 2. The molecule has 1 amide bonds. The van der Waals surface area contributed by atoms with Crippen molar-refractivity contribution in [3.63, 3.8) is 0 Å². The zero-order valence-corrected chi connectivity index (χ0v) is 47.0. The number of anilines is 2. The van der Waals surface area contributed by atoms with Crippen LogP contribution >= 0.6 is 23.5 Å². The van der Waals surface area contributed by atoms with Gasteiger partial charge in [0, 0.05) is 82.7 Å². The van der Waals surface area contributed by atoms with Gasteiger partial charge in [-0.15, -0.1) is 0 Å². The van der Waals surface area contributed by atoms with Crippen molar-refractivity contribution in [2.75, 3.05) is 50.0 Å². The van der Waals surface area contributed by atoms with Gasteiger partial charge in [-0.25, -0.2) is 28.0 Å². The number of nitrogens with one attached hydrogen (secondary N) is 1. The van der Waals surface area contributed by atoms with Gasteiger partial charge < -0.3 is 59.9 Å². The number of nitrogens with zero attached hydrogens (tertiary/aromatic N) is 7. The number of aromatic nitrogens is 4. The Morgan fingerprint density at radius 1 is 0.905 bits per heavy atom. The van der Waals surface area contributed by atoms with Gasteiger partial charge in [0.05, 0.1) is 47.2 Å². The number of carboxylic acid groups (broad SMARTS) is 1. The van der Waals surface area contributed by atoms with E-state index >= 15 is 0 Å². The second-order valence-electron chi connectivity index (χ2n) is 20.8. The Kier molecular flexibility index (Phi) is 15.0. The van der Waals surface area contributed by atoms with Gasteiger partial charge in [-0.3, -0.25) is 24.0 Å². The SMILES string of the molecule is Nc1nc(OCc2ccc(C#CCNC(=O)c3ccc(C(=O)O)c(C4=c5cc6c7c(c5Oc5c4cc4c8c5CCCN8CCC4)CCC[N+]=7CCC6)c3)cc2[N+](=O)[O-])c2ncn([C@H]3CC(O)[C@@H](COP(=O)(O)OP(=O)(O)OP(=O)(O)O)O3)c2n1. The van der Waals surface area contributed by atoms with Crippen LogP contribution in [-0.2, 0) is 63.9 Å². The topological polar surface area (TPSA) is 393 Å². The molecule has 31 heteroatoms. The first-order chi connectivity index (χ1) is 40.1. The molecule has 0 saturated carbocycles. The predicted molar refractivity (Wildman–Crippen MR) is 294 cm³/mol. The van der Waals surface area contributed by atoms with Crippen LogP contribution < -0.4 is 40.6 Å². The smallest absolute Gasteiger partial charge is 0.478 e. The van der Waals surface area contributed by atoms with Gasteiger partial charge in [0.1, 0.15) is 43.5 Å². The van der Waals surface area contributed by atoms with Crippen LogP contribution in [-0.4, -0.2) is 118 Å². The summed E-state index contributed by atoms with van der Waals surface area (Å²) in [5.74, 6) is 5.03. The Hall–Kier alpha value is -7.47. The fraction of sp³-hybridized carbons (Fsp3) is 0.358. The fourth-order valence-electron chi connectivity index (χ4n) is 12.1. The number of nitrogen functional groups attached to an aromatic ring is 1. The zero-order chi connectivity index (χ0) is 59.0. The van der Waals surface area contributed by atoms with Crippen molar-refractivity contribution in [3.05, 3.63) is 131 Å². The highest BCUT2D eigenvalue weighted by Gasteiger charge is 2.44. The Balaban J connectivity index is 0.757. The number of nitrogens with two attached hydrogens (primary N) is 1. The predicted octanol–water partition coefficient (Wildman–Crippen LogP) is 3.80. The standard InChI is InChI=1S/C53H52N9O19P3/c54-53-57-49-44(56-27-61(49)42-24-40(63)41(78-42)26-77-83(72,73)81-84(74,75)80-82(69,70)71)51(58-53)76-25-32-12-11-28(20-39(32)62(67)68)6-1-15-55-50(64)31-13-14-33(52(65)66)36(23-31)43-37-21-29-7-2-16-59-18-4-9-34(45(29)59)47(37)79-48-35-10-5-19-60-17-3-8-30(46(35)60)22-38(43)48/h11-14,20-23,27,40-42,63H,2-5,7-10,15-19,24-26H2,(H7-,54,55,57,58,64,65,66,69,70,71,72,73,74,75)/p+1/t40?,41-,42-/m1/s1. The molecule has 0 spiro atoms. The molecule has 9 N–H and O–H groups in total. The van der Waals surface area contributed by atoms with Gasteiger partial charge in [-0.2, -0.15) is 18.6 Å². The first-order valence-corrected chi connectivity index (χ1v) is 31.2. The van der Waals surface area contributed by atoms with E-state index in [1.165, 1.54) is 63.4 Å². The highest BCUT2D eigenvalue weighted by atomic mass is 31.3.